The van der Waals surface area contributed by atoms with E-state index in [4.69, 9.17) is 16.3 Å². The van der Waals surface area contributed by atoms with Crippen LogP contribution in [0.2, 0.25) is 5.02 Å². The predicted molar refractivity (Wildman–Crippen MR) is 58.5 cm³/mol. The van der Waals surface area contributed by atoms with Crippen LogP contribution in [0.25, 0.3) is 0 Å². The maximum atomic E-state index is 14.2. The van der Waals surface area contributed by atoms with Crippen LogP contribution in [0.15, 0.2) is 18.2 Å². The van der Waals surface area contributed by atoms with Crippen LogP contribution in [-0.4, -0.2) is 20.2 Å². The van der Waals surface area contributed by atoms with Gasteiger partial charge in [0, 0.05) is 5.56 Å². The molecule has 16 heavy (non-hydrogen) atoms. The van der Waals surface area contributed by atoms with Gasteiger partial charge >= 0.3 is 5.97 Å². The monoisotopic (exact) mass is 246 g/mol. The summed E-state index contributed by atoms with van der Waals surface area (Å²) in [7, 11) is 2.48. The summed E-state index contributed by atoms with van der Waals surface area (Å²) in [6, 6.07) is 4.53. The van der Waals surface area contributed by atoms with Gasteiger partial charge in [-0.25, -0.2) is 9.18 Å². The Hall–Kier alpha value is -1.29. The van der Waals surface area contributed by atoms with Crippen molar-refractivity contribution < 1.29 is 18.7 Å². The van der Waals surface area contributed by atoms with Gasteiger partial charge in [-0.05, 0) is 13.0 Å². The second kappa shape index (κ2) is 4.70. The minimum Gasteiger partial charge on any atom is -0.495 e. The van der Waals surface area contributed by atoms with Crippen LogP contribution in [-0.2, 0) is 15.2 Å². The SMILES string of the molecule is COC(=O)C(C)(F)c1cccc(Cl)c1OC. The molecule has 0 aliphatic rings. The molecule has 0 saturated heterocycles. The van der Waals surface area contributed by atoms with Gasteiger partial charge in [-0.2, -0.15) is 0 Å². The second-order valence-electron chi connectivity index (χ2n) is 3.32. The Bertz CT molecular complexity index is 404. The number of rotatable bonds is 3. The van der Waals surface area contributed by atoms with Crippen molar-refractivity contribution in [2.45, 2.75) is 12.6 Å². The molecule has 0 spiro atoms. The van der Waals surface area contributed by atoms with E-state index in [0.29, 0.717) is 0 Å². The lowest BCUT2D eigenvalue weighted by molar-refractivity contribution is -0.154. The quantitative estimate of drug-likeness (QED) is 0.770. The summed E-state index contributed by atoms with van der Waals surface area (Å²) >= 11 is 5.84. The second-order valence-corrected chi connectivity index (χ2v) is 3.72. The molecule has 0 saturated carbocycles. The Balaban J connectivity index is 3.32. The topological polar surface area (TPSA) is 35.5 Å². The van der Waals surface area contributed by atoms with Gasteiger partial charge in [-0.3, -0.25) is 0 Å². The van der Waals surface area contributed by atoms with Crippen LogP contribution in [0, 0.1) is 0 Å². The third kappa shape index (κ3) is 2.11. The van der Waals surface area contributed by atoms with Crippen molar-refractivity contribution in [2.24, 2.45) is 0 Å². The molecule has 5 heteroatoms. The molecule has 0 radical (unpaired) electrons. The average molecular weight is 247 g/mol. The maximum absolute atomic E-state index is 14.2. The summed E-state index contributed by atoms with van der Waals surface area (Å²) in [5, 5.41) is 0.243. The molecule has 88 valence electrons. The zero-order chi connectivity index (χ0) is 12.3. The largest absolute Gasteiger partial charge is 0.495 e. The maximum Gasteiger partial charge on any atom is 0.348 e. The van der Waals surface area contributed by atoms with Crippen LogP contribution >= 0.6 is 11.6 Å². The number of carbonyl (C=O) groups excluding carboxylic acids is 1. The Kier molecular flexibility index (Phi) is 3.75. The first kappa shape index (κ1) is 12.8. The van der Waals surface area contributed by atoms with Crippen LogP contribution in [0.1, 0.15) is 12.5 Å². The molecule has 0 N–H and O–H groups in total. The van der Waals surface area contributed by atoms with E-state index in [1.807, 2.05) is 0 Å². The highest BCUT2D eigenvalue weighted by molar-refractivity contribution is 6.32. The average Bonchev–Trinajstić information content (AvgIpc) is 2.27. The van der Waals surface area contributed by atoms with E-state index in [1.54, 1.807) is 12.1 Å². The summed E-state index contributed by atoms with van der Waals surface area (Å²) in [5.41, 5.74) is -2.24. The van der Waals surface area contributed by atoms with Crippen molar-refractivity contribution in [3.8, 4) is 5.75 Å². The van der Waals surface area contributed by atoms with Gasteiger partial charge < -0.3 is 9.47 Å². The molecule has 1 rings (SSSR count). The Labute approximate surface area is 98.1 Å². The number of halogens is 2. The van der Waals surface area contributed by atoms with E-state index in [-0.39, 0.29) is 16.3 Å². The first-order valence-electron chi connectivity index (χ1n) is 4.55. The van der Waals surface area contributed by atoms with E-state index in [9.17, 15) is 9.18 Å². The van der Waals surface area contributed by atoms with Gasteiger partial charge in [0.05, 0.1) is 19.2 Å². The van der Waals surface area contributed by atoms with Crippen LogP contribution in [0.5, 0.6) is 5.75 Å². The third-order valence-corrected chi connectivity index (χ3v) is 2.54. The molecular formula is C11H12ClFO3. The molecule has 1 unspecified atom stereocenters. The summed E-state index contributed by atoms with van der Waals surface area (Å²) in [5.74, 6) is -0.854. The molecule has 1 atom stereocenters. The number of para-hydroxylation sites is 1. The lowest BCUT2D eigenvalue weighted by atomic mass is 9.97. The first-order valence-corrected chi connectivity index (χ1v) is 4.93. The summed E-state index contributed by atoms with van der Waals surface area (Å²) in [4.78, 5) is 11.3. The number of benzene rings is 1. The molecule has 0 fully saturated rings. The summed E-state index contributed by atoms with van der Waals surface area (Å²) in [6.45, 7) is 1.10. The fourth-order valence-electron chi connectivity index (χ4n) is 1.39. The molecule has 0 aliphatic carbocycles. The minimum absolute atomic E-state index is 0.0503. The number of carbonyl (C=O) groups is 1. The van der Waals surface area contributed by atoms with Crippen LogP contribution in [0.4, 0.5) is 4.39 Å². The zero-order valence-electron chi connectivity index (χ0n) is 9.21. The third-order valence-electron chi connectivity index (χ3n) is 2.25. The van der Waals surface area contributed by atoms with Crippen molar-refractivity contribution in [3.63, 3.8) is 0 Å². The summed E-state index contributed by atoms with van der Waals surface area (Å²) in [6.07, 6.45) is 0. The number of alkyl halides is 1. The molecular weight excluding hydrogens is 235 g/mol. The highest BCUT2D eigenvalue weighted by Crippen LogP contribution is 2.38. The predicted octanol–water partition coefficient (Wildman–Crippen LogP) is 2.71. The van der Waals surface area contributed by atoms with Gasteiger partial charge in [-0.1, -0.05) is 23.7 Å². The van der Waals surface area contributed by atoms with Crippen LogP contribution in [0.3, 0.4) is 0 Å². The van der Waals surface area contributed by atoms with Gasteiger partial charge in [0.1, 0.15) is 5.75 Å². The normalized spacial score (nSPS) is 14.1. The highest BCUT2D eigenvalue weighted by atomic mass is 35.5. The first-order chi connectivity index (χ1) is 7.45. The van der Waals surface area contributed by atoms with Crippen molar-refractivity contribution in [2.75, 3.05) is 14.2 Å². The fraction of sp³-hybridized carbons (Fsp3) is 0.364. The Morgan fingerprint density at radius 3 is 2.56 bits per heavy atom. The molecule has 0 heterocycles. The van der Waals surface area contributed by atoms with E-state index >= 15 is 0 Å². The highest BCUT2D eigenvalue weighted by Gasteiger charge is 2.39. The van der Waals surface area contributed by atoms with Gasteiger partial charge in [0.2, 0.25) is 5.67 Å². The Morgan fingerprint density at radius 1 is 1.44 bits per heavy atom. The molecule has 0 amide bonds. The smallest absolute Gasteiger partial charge is 0.348 e. The van der Waals surface area contributed by atoms with E-state index in [2.05, 4.69) is 4.74 Å². The lowest BCUT2D eigenvalue weighted by Crippen LogP contribution is -2.29. The summed E-state index contributed by atoms with van der Waals surface area (Å²) < 4.78 is 23.6. The Morgan fingerprint density at radius 2 is 2.06 bits per heavy atom. The van der Waals surface area contributed by atoms with Crippen molar-refractivity contribution in [1.82, 2.24) is 0 Å². The van der Waals surface area contributed by atoms with Gasteiger partial charge in [0.15, 0.2) is 0 Å². The molecule has 0 bridgehead atoms. The van der Waals surface area contributed by atoms with Crippen molar-refractivity contribution in [1.29, 1.82) is 0 Å². The standard InChI is InChI=1S/C11H12ClFO3/c1-11(13,10(14)16-3)7-5-4-6-8(12)9(7)15-2/h4-6H,1-3H3. The molecule has 0 aromatic heterocycles. The van der Waals surface area contributed by atoms with Gasteiger partial charge in [0.25, 0.3) is 0 Å². The zero-order valence-corrected chi connectivity index (χ0v) is 9.97. The van der Waals surface area contributed by atoms with Crippen molar-refractivity contribution in [3.05, 3.63) is 28.8 Å². The fourth-order valence-corrected chi connectivity index (χ4v) is 1.64. The molecule has 1 aromatic rings. The number of esters is 1. The molecule has 0 aliphatic heterocycles. The van der Waals surface area contributed by atoms with Gasteiger partial charge in [-0.15, -0.1) is 0 Å². The number of ether oxygens (including phenoxy) is 2. The number of methoxy groups -OCH3 is 2. The molecule has 1 aromatic carbocycles. The van der Waals surface area contributed by atoms with Crippen LogP contribution < -0.4 is 4.74 Å². The number of hydrogen-bond acceptors (Lipinski definition) is 3. The number of hydrogen-bond donors (Lipinski definition) is 0. The van der Waals surface area contributed by atoms with E-state index < -0.39 is 11.6 Å². The van der Waals surface area contributed by atoms with E-state index in [1.165, 1.54) is 13.2 Å². The van der Waals surface area contributed by atoms with Crippen molar-refractivity contribution >= 4 is 17.6 Å². The molecule has 3 nitrogen and oxygen atoms in total. The minimum atomic E-state index is -2.29. The lowest BCUT2D eigenvalue weighted by Gasteiger charge is -2.20. The van der Waals surface area contributed by atoms with E-state index in [0.717, 1.165) is 14.0 Å².